The maximum Gasteiger partial charge on any atom is 0.271 e. The van der Waals surface area contributed by atoms with Crippen LogP contribution in [0, 0.1) is 0 Å². The Labute approximate surface area is 113 Å². The van der Waals surface area contributed by atoms with Crippen molar-refractivity contribution >= 4 is 21.6 Å². The van der Waals surface area contributed by atoms with Crippen LogP contribution in [0.25, 0.3) is 10.2 Å². The third kappa shape index (κ3) is 2.10. The number of thiophene rings is 1. The highest BCUT2D eigenvalue weighted by atomic mass is 32.1. The maximum atomic E-state index is 12.3. The van der Waals surface area contributed by atoms with Crippen molar-refractivity contribution in [1.82, 2.24) is 14.5 Å². The van der Waals surface area contributed by atoms with Gasteiger partial charge < -0.3 is 4.74 Å². The van der Waals surface area contributed by atoms with Crippen LogP contribution in [-0.4, -0.2) is 21.6 Å². The van der Waals surface area contributed by atoms with Gasteiger partial charge in [0.2, 0.25) is 5.88 Å². The zero-order chi connectivity index (χ0) is 13.2. The molecule has 0 fully saturated rings. The van der Waals surface area contributed by atoms with Gasteiger partial charge in [0, 0.05) is 11.8 Å². The number of fused-ring (bicyclic) bond motifs is 1. The maximum absolute atomic E-state index is 12.3. The van der Waals surface area contributed by atoms with Gasteiger partial charge in [-0.15, -0.1) is 11.3 Å². The molecule has 0 radical (unpaired) electrons. The molecule has 0 atom stereocenters. The minimum absolute atomic E-state index is 0.0362. The van der Waals surface area contributed by atoms with Gasteiger partial charge in [-0.2, -0.15) is 0 Å². The lowest BCUT2D eigenvalue weighted by Crippen LogP contribution is -2.20. The van der Waals surface area contributed by atoms with Crippen molar-refractivity contribution in [3.8, 4) is 5.88 Å². The molecule has 19 heavy (non-hydrogen) atoms. The van der Waals surface area contributed by atoms with Crippen molar-refractivity contribution < 1.29 is 4.74 Å². The zero-order valence-electron chi connectivity index (χ0n) is 10.2. The minimum Gasteiger partial charge on any atom is -0.481 e. The van der Waals surface area contributed by atoms with E-state index >= 15 is 0 Å². The molecule has 0 saturated carbocycles. The molecule has 0 unspecified atom stereocenters. The lowest BCUT2D eigenvalue weighted by atomic mass is 10.2. The molecule has 0 amide bonds. The number of hydrogen-bond acceptors (Lipinski definition) is 5. The van der Waals surface area contributed by atoms with Gasteiger partial charge in [-0.3, -0.25) is 9.36 Å². The summed E-state index contributed by atoms with van der Waals surface area (Å²) in [6.45, 7) is 0.399. The van der Waals surface area contributed by atoms with Gasteiger partial charge in [0.25, 0.3) is 5.56 Å². The predicted octanol–water partition coefficient (Wildman–Crippen LogP) is 1.91. The largest absolute Gasteiger partial charge is 0.481 e. The van der Waals surface area contributed by atoms with Crippen LogP contribution in [0.3, 0.4) is 0 Å². The Bertz CT molecular complexity index is 779. The molecule has 0 aromatic carbocycles. The van der Waals surface area contributed by atoms with E-state index in [0.29, 0.717) is 17.1 Å². The average Bonchev–Trinajstić information content (AvgIpc) is 2.92. The summed E-state index contributed by atoms with van der Waals surface area (Å²) < 4.78 is 7.43. The second-order valence-electron chi connectivity index (χ2n) is 3.98. The standard InChI is InChI=1S/C13H11N3O2S/c1-18-12-9(3-2-5-14-12)7-16-8-15-10-4-6-19-11(10)13(16)17/h2-6,8H,7H2,1H3. The smallest absolute Gasteiger partial charge is 0.271 e. The Morgan fingerprint density at radius 1 is 1.37 bits per heavy atom. The number of hydrogen-bond donors (Lipinski definition) is 0. The number of nitrogens with zero attached hydrogens (tertiary/aromatic N) is 3. The Hall–Kier alpha value is -2.21. The lowest BCUT2D eigenvalue weighted by Gasteiger charge is -2.08. The molecule has 0 aliphatic rings. The quantitative estimate of drug-likeness (QED) is 0.731. The summed E-state index contributed by atoms with van der Waals surface area (Å²) in [5.41, 5.74) is 1.56. The molecular weight excluding hydrogens is 262 g/mol. The van der Waals surface area contributed by atoms with E-state index in [0.717, 1.165) is 11.1 Å². The molecule has 5 nitrogen and oxygen atoms in total. The van der Waals surface area contributed by atoms with E-state index in [1.807, 2.05) is 23.6 Å². The summed E-state index contributed by atoms with van der Waals surface area (Å²) in [6, 6.07) is 5.55. The van der Waals surface area contributed by atoms with Crippen LogP contribution >= 0.6 is 11.3 Å². The van der Waals surface area contributed by atoms with Gasteiger partial charge in [-0.1, -0.05) is 6.07 Å². The Balaban J connectivity index is 2.06. The fraction of sp³-hybridized carbons (Fsp3) is 0.154. The fourth-order valence-corrected chi connectivity index (χ4v) is 2.70. The fourth-order valence-electron chi connectivity index (χ4n) is 1.90. The van der Waals surface area contributed by atoms with E-state index in [-0.39, 0.29) is 5.56 Å². The van der Waals surface area contributed by atoms with Crippen LogP contribution in [-0.2, 0) is 6.54 Å². The molecule has 0 spiro atoms. The van der Waals surface area contributed by atoms with Gasteiger partial charge in [-0.25, -0.2) is 9.97 Å². The van der Waals surface area contributed by atoms with Gasteiger partial charge in [-0.05, 0) is 17.5 Å². The van der Waals surface area contributed by atoms with Crippen molar-refractivity contribution in [3.05, 3.63) is 52.0 Å². The monoisotopic (exact) mass is 273 g/mol. The van der Waals surface area contributed by atoms with E-state index in [2.05, 4.69) is 9.97 Å². The van der Waals surface area contributed by atoms with Crippen LogP contribution in [0.4, 0.5) is 0 Å². The molecule has 0 aliphatic heterocycles. The molecule has 6 heteroatoms. The highest BCUT2D eigenvalue weighted by Gasteiger charge is 2.08. The predicted molar refractivity (Wildman–Crippen MR) is 73.8 cm³/mol. The van der Waals surface area contributed by atoms with Crippen LogP contribution in [0.5, 0.6) is 5.88 Å². The van der Waals surface area contributed by atoms with Gasteiger partial charge in [0.05, 0.1) is 25.5 Å². The number of rotatable bonds is 3. The number of pyridine rings is 1. The van der Waals surface area contributed by atoms with Crippen molar-refractivity contribution in [1.29, 1.82) is 0 Å². The van der Waals surface area contributed by atoms with E-state index in [9.17, 15) is 4.79 Å². The molecule has 0 saturated heterocycles. The SMILES string of the molecule is COc1ncccc1Cn1cnc2ccsc2c1=O. The highest BCUT2D eigenvalue weighted by molar-refractivity contribution is 7.17. The average molecular weight is 273 g/mol. The third-order valence-corrected chi connectivity index (χ3v) is 3.71. The van der Waals surface area contributed by atoms with Crippen molar-refractivity contribution in [2.45, 2.75) is 6.54 Å². The molecule has 3 rings (SSSR count). The Kier molecular flexibility index (Phi) is 3.00. The molecule has 0 bridgehead atoms. The number of methoxy groups -OCH3 is 1. The first kappa shape index (κ1) is 11.9. The van der Waals surface area contributed by atoms with Crippen LogP contribution < -0.4 is 10.3 Å². The molecule has 3 heterocycles. The van der Waals surface area contributed by atoms with Gasteiger partial charge in [0.15, 0.2) is 0 Å². The lowest BCUT2D eigenvalue weighted by molar-refractivity contribution is 0.391. The Morgan fingerprint density at radius 3 is 3.11 bits per heavy atom. The molecular formula is C13H11N3O2S. The first-order valence-corrected chi connectivity index (χ1v) is 6.58. The number of ether oxygens (including phenoxy) is 1. The van der Waals surface area contributed by atoms with E-state index in [4.69, 9.17) is 4.74 Å². The first-order valence-electron chi connectivity index (χ1n) is 5.70. The van der Waals surface area contributed by atoms with Gasteiger partial charge in [0.1, 0.15) is 4.70 Å². The topological polar surface area (TPSA) is 57.0 Å². The number of aromatic nitrogens is 3. The van der Waals surface area contributed by atoms with E-state index < -0.39 is 0 Å². The zero-order valence-corrected chi connectivity index (χ0v) is 11.1. The van der Waals surface area contributed by atoms with E-state index in [1.165, 1.54) is 11.3 Å². The summed E-state index contributed by atoms with van der Waals surface area (Å²) >= 11 is 1.41. The van der Waals surface area contributed by atoms with Crippen molar-refractivity contribution in [2.75, 3.05) is 7.11 Å². The highest BCUT2D eigenvalue weighted by Crippen LogP contribution is 2.16. The molecule has 3 aromatic heterocycles. The summed E-state index contributed by atoms with van der Waals surface area (Å²) in [5.74, 6) is 0.528. The summed E-state index contributed by atoms with van der Waals surface area (Å²) in [4.78, 5) is 20.7. The van der Waals surface area contributed by atoms with Crippen molar-refractivity contribution in [3.63, 3.8) is 0 Å². The van der Waals surface area contributed by atoms with Crippen LogP contribution in [0.1, 0.15) is 5.56 Å². The third-order valence-electron chi connectivity index (χ3n) is 2.82. The first-order chi connectivity index (χ1) is 9.29. The van der Waals surface area contributed by atoms with E-state index in [1.54, 1.807) is 24.2 Å². The molecule has 96 valence electrons. The molecule has 3 aromatic rings. The van der Waals surface area contributed by atoms with Crippen molar-refractivity contribution in [2.24, 2.45) is 0 Å². The summed E-state index contributed by atoms with van der Waals surface area (Å²) in [5, 5.41) is 1.87. The molecule has 0 aliphatic carbocycles. The second-order valence-corrected chi connectivity index (χ2v) is 4.90. The molecule has 0 N–H and O–H groups in total. The van der Waals surface area contributed by atoms with Gasteiger partial charge >= 0.3 is 0 Å². The van der Waals surface area contributed by atoms with Crippen LogP contribution in [0.15, 0.2) is 40.9 Å². The van der Waals surface area contributed by atoms with Crippen LogP contribution in [0.2, 0.25) is 0 Å². The normalized spacial score (nSPS) is 10.8. The summed E-state index contributed by atoms with van der Waals surface area (Å²) in [7, 11) is 1.56. The minimum atomic E-state index is -0.0362. The second kappa shape index (κ2) is 4.81. The Morgan fingerprint density at radius 2 is 2.26 bits per heavy atom. The summed E-state index contributed by atoms with van der Waals surface area (Å²) in [6.07, 6.45) is 3.22.